The summed E-state index contributed by atoms with van der Waals surface area (Å²) in [5.74, 6) is 0.904. The predicted molar refractivity (Wildman–Crippen MR) is 122 cm³/mol. The predicted octanol–water partition coefficient (Wildman–Crippen LogP) is 5.15. The van der Waals surface area contributed by atoms with E-state index in [-0.39, 0.29) is 6.03 Å². The van der Waals surface area contributed by atoms with Crippen LogP contribution >= 0.6 is 23.2 Å². The summed E-state index contributed by atoms with van der Waals surface area (Å²) in [5.41, 5.74) is 3.52. The summed E-state index contributed by atoms with van der Waals surface area (Å²) in [4.78, 5) is 21.6. The van der Waals surface area contributed by atoms with Crippen molar-refractivity contribution in [3.05, 3.63) is 70.8 Å². The van der Waals surface area contributed by atoms with Gasteiger partial charge in [0.15, 0.2) is 5.82 Å². The van der Waals surface area contributed by atoms with Crippen LogP contribution in [-0.4, -0.2) is 46.5 Å². The molecule has 2 amide bonds. The molecule has 1 fully saturated rings. The maximum atomic E-state index is 12.6. The van der Waals surface area contributed by atoms with Gasteiger partial charge >= 0.3 is 6.03 Å². The van der Waals surface area contributed by atoms with Crippen LogP contribution in [0.15, 0.2) is 60.8 Å². The van der Waals surface area contributed by atoms with E-state index in [0.29, 0.717) is 41.9 Å². The topological polar surface area (TPSA) is 52.9 Å². The summed E-state index contributed by atoms with van der Waals surface area (Å²) in [6, 6.07) is 16.9. The molecule has 3 heterocycles. The van der Waals surface area contributed by atoms with Crippen LogP contribution in [-0.2, 0) is 0 Å². The number of hydrogen-bond donors (Lipinski definition) is 1. The zero-order valence-electron chi connectivity index (χ0n) is 16.1. The molecule has 6 nitrogen and oxygen atoms in total. The van der Waals surface area contributed by atoms with Gasteiger partial charge in [0.1, 0.15) is 0 Å². The monoisotopic (exact) mass is 439 g/mol. The number of hydrogen-bond acceptors (Lipinski definition) is 3. The van der Waals surface area contributed by atoms with E-state index in [9.17, 15) is 4.79 Å². The van der Waals surface area contributed by atoms with Gasteiger partial charge in [0, 0.05) is 37.4 Å². The minimum absolute atomic E-state index is 0.145. The molecule has 1 N–H and O–H groups in total. The summed E-state index contributed by atoms with van der Waals surface area (Å²) in [6.45, 7) is 2.57. The molecule has 5 rings (SSSR count). The fourth-order valence-corrected chi connectivity index (χ4v) is 4.19. The van der Waals surface area contributed by atoms with Crippen molar-refractivity contribution in [1.29, 1.82) is 0 Å². The minimum Gasteiger partial charge on any atom is -0.351 e. The first-order chi connectivity index (χ1) is 14.6. The molecule has 4 aromatic rings. The number of rotatable bonds is 2. The van der Waals surface area contributed by atoms with Gasteiger partial charge in [-0.3, -0.25) is 0 Å². The maximum Gasteiger partial charge on any atom is 0.322 e. The van der Waals surface area contributed by atoms with Crippen LogP contribution in [0.3, 0.4) is 0 Å². The molecular weight excluding hydrogens is 421 g/mol. The van der Waals surface area contributed by atoms with E-state index in [2.05, 4.69) is 20.7 Å². The Morgan fingerprint density at radius 3 is 2.53 bits per heavy atom. The number of carbonyl (C=O) groups excluding carboxylic acids is 1. The van der Waals surface area contributed by atoms with Gasteiger partial charge in [-0.15, -0.1) is 0 Å². The van der Waals surface area contributed by atoms with Gasteiger partial charge in [-0.25, -0.2) is 9.78 Å². The van der Waals surface area contributed by atoms with Crippen molar-refractivity contribution in [3.8, 4) is 0 Å². The number of nitrogens with zero attached hydrogens (tertiary/aromatic N) is 4. The fraction of sp³-hybridized carbons (Fsp3) is 0.182. The molecule has 0 saturated carbocycles. The highest BCUT2D eigenvalue weighted by Crippen LogP contribution is 2.28. The number of para-hydroxylation sites is 1. The highest BCUT2D eigenvalue weighted by molar-refractivity contribution is 6.33. The average molecular weight is 440 g/mol. The largest absolute Gasteiger partial charge is 0.351 e. The lowest BCUT2D eigenvalue weighted by atomic mass is 10.2. The quantitative estimate of drug-likeness (QED) is 0.469. The number of benzene rings is 2. The molecule has 152 valence electrons. The third-order valence-electron chi connectivity index (χ3n) is 5.38. The van der Waals surface area contributed by atoms with Gasteiger partial charge in [0.05, 0.1) is 27.3 Å². The van der Waals surface area contributed by atoms with Gasteiger partial charge in [-0.05, 0) is 42.5 Å². The van der Waals surface area contributed by atoms with Crippen LogP contribution in [0, 0.1) is 0 Å². The number of piperazine rings is 1. The van der Waals surface area contributed by atoms with Crippen molar-refractivity contribution in [2.45, 2.75) is 0 Å². The summed E-state index contributed by atoms with van der Waals surface area (Å²) < 4.78 is 2.13. The number of urea groups is 1. The Bertz CT molecular complexity index is 1250. The van der Waals surface area contributed by atoms with E-state index in [1.807, 2.05) is 42.6 Å². The Morgan fingerprint density at radius 1 is 0.933 bits per heavy atom. The molecule has 0 bridgehead atoms. The maximum absolute atomic E-state index is 12.6. The molecule has 2 aromatic carbocycles. The molecule has 0 aliphatic carbocycles. The second kappa shape index (κ2) is 7.70. The van der Waals surface area contributed by atoms with Gasteiger partial charge in [0.2, 0.25) is 0 Å². The van der Waals surface area contributed by atoms with Crippen molar-refractivity contribution in [2.75, 3.05) is 36.4 Å². The van der Waals surface area contributed by atoms with Crippen LogP contribution in [0.25, 0.3) is 16.6 Å². The Balaban J connectivity index is 1.36. The zero-order valence-corrected chi connectivity index (χ0v) is 17.6. The van der Waals surface area contributed by atoms with E-state index < -0.39 is 0 Å². The standard InChI is InChI=1S/C22H19Cl2N5O/c23-15-7-8-19-18(14-15)25-21(20-6-3-9-29(19)20)27-10-12-28(13-11-27)22(30)26-17-5-2-1-4-16(17)24/h1-9,14H,10-13H2,(H,26,30). The molecular formula is C22H19Cl2N5O. The van der Waals surface area contributed by atoms with E-state index in [4.69, 9.17) is 28.2 Å². The molecule has 0 atom stereocenters. The third kappa shape index (κ3) is 3.42. The number of halogens is 2. The minimum atomic E-state index is -0.145. The Hall–Kier alpha value is -2.96. The van der Waals surface area contributed by atoms with Crippen LogP contribution in [0.4, 0.5) is 16.3 Å². The number of amides is 2. The number of carbonyl (C=O) groups is 1. The van der Waals surface area contributed by atoms with Crippen molar-refractivity contribution in [1.82, 2.24) is 14.3 Å². The van der Waals surface area contributed by atoms with Crippen molar-refractivity contribution >= 4 is 57.3 Å². The van der Waals surface area contributed by atoms with Gasteiger partial charge in [-0.1, -0.05) is 35.3 Å². The van der Waals surface area contributed by atoms with Gasteiger partial charge in [-0.2, -0.15) is 0 Å². The van der Waals surface area contributed by atoms with E-state index in [1.165, 1.54) is 0 Å². The molecule has 2 aromatic heterocycles. The molecule has 1 aliphatic rings. The Kier molecular flexibility index (Phi) is 4.89. The van der Waals surface area contributed by atoms with Crippen LogP contribution in [0.5, 0.6) is 0 Å². The smallest absolute Gasteiger partial charge is 0.322 e. The lowest BCUT2D eigenvalue weighted by Gasteiger charge is -2.35. The van der Waals surface area contributed by atoms with E-state index in [0.717, 1.165) is 22.4 Å². The molecule has 0 radical (unpaired) electrons. The van der Waals surface area contributed by atoms with Crippen LogP contribution in [0.1, 0.15) is 0 Å². The number of nitrogens with one attached hydrogen (secondary N) is 1. The molecule has 0 unspecified atom stereocenters. The summed E-state index contributed by atoms with van der Waals surface area (Å²) in [5, 5.41) is 4.08. The van der Waals surface area contributed by atoms with Crippen molar-refractivity contribution in [3.63, 3.8) is 0 Å². The first-order valence-electron chi connectivity index (χ1n) is 9.72. The SMILES string of the molecule is O=C(Nc1ccccc1Cl)N1CCN(c2nc3cc(Cl)ccc3n3cccc23)CC1. The first-order valence-corrected chi connectivity index (χ1v) is 10.5. The van der Waals surface area contributed by atoms with Crippen LogP contribution < -0.4 is 10.2 Å². The first kappa shape index (κ1) is 19.0. The molecule has 1 saturated heterocycles. The number of fused-ring (bicyclic) bond motifs is 3. The molecule has 8 heteroatoms. The molecule has 1 aliphatic heterocycles. The normalized spacial score (nSPS) is 14.5. The van der Waals surface area contributed by atoms with Gasteiger partial charge in [0.25, 0.3) is 0 Å². The number of anilines is 2. The van der Waals surface area contributed by atoms with Crippen molar-refractivity contribution < 1.29 is 4.79 Å². The van der Waals surface area contributed by atoms with E-state index >= 15 is 0 Å². The Morgan fingerprint density at radius 2 is 1.73 bits per heavy atom. The highest BCUT2D eigenvalue weighted by atomic mass is 35.5. The molecule has 30 heavy (non-hydrogen) atoms. The van der Waals surface area contributed by atoms with Gasteiger partial charge < -0.3 is 19.5 Å². The summed E-state index contributed by atoms with van der Waals surface area (Å²) in [7, 11) is 0. The fourth-order valence-electron chi connectivity index (χ4n) is 3.85. The summed E-state index contributed by atoms with van der Waals surface area (Å²) >= 11 is 12.3. The second-order valence-corrected chi connectivity index (χ2v) is 8.06. The third-order valence-corrected chi connectivity index (χ3v) is 5.95. The number of aromatic nitrogens is 2. The molecule has 0 spiro atoms. The van der Waals surface area contributed by atoms with E-state index in [1.54, 1.807) is 17.0 Å². The lowest BCUT2D eigenvalue weighted by molar-refractivity contribution is 0.208. The zero-order chi connectivity index (χ0) is 20.7. The average Bonchev–Trinajstić information content (AvgIpc) is 3.25. The summed E-state index contributed by atoms with van der Waals surface area (Å²) in [6.07, 6.45) is 2.03. The highest BCUT2D eigenvalue weighted by Gasteiger charge is 2.24. The van der Waals surface area contributed by atoms with Crippen LogP contribution in [0.2, 0.25) is 10.0 Å². The van der Waals surface area contributed by atoms with Crippen molar-refractivity contribution in [2.24, 2.45) is 0 Å². The Labute approximate surface area is 183 Å². The second-order valence-electron chi connectivity index (χ2n) is 7.22. The lowest BCUT2D eigenvalue weighted by Crippen LogP contribution is -2.50.